The van der Waals surface area contributed by atoms with E-state index in [1.54, 1.807) is 0 Å². The van der Waals surface area contributed by atoms with Crippen LogP contribution in [0.25, 0.3) is 0 Å². The third-order valence-corrected chi connectivity index (χ3v) is 2.17. The SMILES string of the molecule is IB=CBC1CC=CC1. The second kappa shape index (κ2) is 4.31. The molecule has 0 saturated heterocycles. The van der Waals surface area contributed by atoms with Gasteiger partial charge in [0.25, 0.3) is 0 Å². The minimum absolute atomic E-state index is 0.913. The van der Waals surface area contributed by atoms with Crippen LogP contribution in [0.3, 0.4) is 0 Å². The maximum atomic E-state index is 2.28. The Hall–Kier alpha value is 0.470. The van der Waals surface area contributed by atoms with Crippen molar-refractivity contribution in [2.45, 2.75) is 18.7 Å². The Balaban J connectivity index is 2.14. The quantitative estimate of drug-likeness (QED) is 0.381. The van der Waals surface area contributed by atoms with Crippen molar-refractivity contribution in [2.24, 2.45) is 0 Å². The molecular weight excluding hydrogens is 221 g/mol. The van der Waals surface area contributed by atoms with Crippen LogP contribution in [0.1, 0.15) is 12.8 Å². The summed E-state index contributed by atoms with van der Waals surface area (Å²) in [7, 11) is 1.26. The zero-order valence-corrected chi connectivity index (χ0v) is 7.54. The summed E-state index contributed by atoms with van der Waals surface area (Å²) in [5.74, 6) is 3.16. The van der Waals surface area contributed by atoms with Crippen LogP contribution in [0.5, 0.6) is 0 Å². The molecule has 0 aromatic heterocycles. The molecule has 0 bridgehead atoms. The van der Waals surface area contributed by atoms with Crippen molar-refractivity contribution in [2.75, 3.05) is 0 Å². The molecule has 0 aromatic rings. The molecule has 1 aliphatic carbocycles. The van der Waals surface area contributed by atoms with Gasteiger partial charge in [-0.2, -0.15) is 0 Å². The Bertz CT molecular complexity index is 123. The molecule has 3 heteroatoms. The second-order valence-electron chi connectivity index (χ2n) is 2.41. The van der Waals surface area contributed by atoms with Gasteiger partial charge in [0.05, 0.1) is 0 Å². The van der Waals surface area contributed by atoms with E-state index in [1.165, 1.54) is 20.1 Å². The summed E-state index contributed by atoms with van der Waals surface area (Å²) >= 11 is 2.27. The third kappa shape index (κ3) is 2.69. The van der Waals surface area contributed by atoms with E-state index in [0.29, 0.717) is 0 Å². The minimum atomic E-state index is 0.913. The fraction of sp³-hybridized carbons (Fsp3) is 0.500. The van der Waals surface area contributed by atoms with Crippen molar-refractivity contribution >= 4 is 40.3 Å². The number of allylic oxidation sites excluding steroid dienone is 2. The first-order valence-corrected chi connectivity index (χ1v) is 4.58. The van der Waals surface area contributed by atoms with Crippen molar-refractivity contribution in [1.82, 2.24) is 0 Å². The van der Waals surface area contributed by atoms with Crippen LogP contribution in [0.2, 0.25) is 5.82 Å². The van der Waals surface area contributed by atoms with E-state index in [9.17, 15) is 0 Å². The molecule has 0 amide bonds. The standard InChI is InChI=1S/C6H9B2I/c9-8-5-7-6-3-1-2-4-6/h1-2,5-7H,3-4H2. The Morgan fingerprint density at radius 2 is 2.22 bits per heavy atom. The summed E-state index contributed by atoms with van der Waals surface area (Å²) in [6, 6.07) is 0. The molecule has 0 unspecified atom stereocenters. The van der Waals surface area contributed by atoms with Gasteiger partial charge in [-0.05, 0) is 0 Å². The van der Waals surface area contributed by atoms with Crippen LogP contribution < -0.4 is 0 Å². The fourth-order valence-electron chi connectivity index (χ4n) is 1.11. The van der Waals surface area contributed by atoms with E-state index in [0.717, 1.165) is 5.82 Å². The van der Waals surface area contributed by atoms with Gasteiger partial charge < -0.3 is 0 Å². The van der Waals surface area contributed by atoms with E-state index >= 15 is 0 Å². The maximum absolute atomic E-state index is 2.28. The number of rotatable bonds is 2. The van der Waals surface area contributed by atoms with Gasteiger partial charge in [-0.3, -0.25) is 0 Å². The summed E-state index contributed by atoms with van der Waals surface area (Å²) in [4.78, 5) is 0. The number of halogens is 1. The molecule has 0 atom stereocenters. The summed E-state index contributed by atoms with van der Waals surface area (Å²) < 4.78 is 2.11. The molecule has 0 saturated carbocycles. The molecule has 0 aromatic carbocycles. The van der Waals surface area contributed by atoms with E-state index in [1.807, 2.05) is 0 Å². The fourth-order valence-corrected chi connectivity index (χ4v) is 1.40. The van der Waals surface area contributed by atoms with Crippen molar-refractivity contribution < 1.29 is 0 Å². The number of hydrogen-bond acceptors (Lipinski definition) is 0. The van der Waals surface area contributed by atoms with Gasteiger partial charge in [0.1, 0.15) is 0 Å². The summed E-state index contributed by atoms with van der Waals surface area (Å²) in [5, 5.41) is 0. The molecule has 0 fully saturated rings. The van der Waals surface area contributed by atoms with Crippen molar-refractivity contribution in [3.63, 3.8) is 0 Å². The van der Waals surface area contributed by atoms with Crippen molar-refractivity contribution in [1.29, 1.82) is 0 Å². The molecule has 0 radical (unpaired) electrons. The van der Waals surface area contributed by atoms with Crippen LogP contribution in [0.15, 0.2) is 12.2 Å². The summed E-state index contributed by atoms with van der Waals surface area (Å²) in [6.07, 6.45) is 7.15. The van der Waals surface area contributed by atoms with Crippen LogP contribution in [-0.2, 0) is 0 Å². The van der Waals surface area contributed by atoms with E-state index in [4.69, 9.17) is 0 Å². The Kier molecular flexibility index (Phi) is 3.63. The first-order chi connectivity index (χ1) is 4.43. The van der Waals surface area contributed by atoms with E-state index in [2.05, 4.69) is 45.2 Å². The molecule has 0 spiro atoms. The normalized spacial score (nSPS) is 18.8. The van der Waals surface area contributed by atoms with Crippen molar-refractivity contribution in [3.05, 3.63) is 12.2 Å². The van der Waals surface area contributed by atoms with Gasteiger partial charge in [0.2, 0.25) is 0 Å². The number of hydrogen-bond donors (Lipinski definition) is 0. The molecule has 9 heavy (non-hydrogen) atoms. The molecule has 1 rings (SSSR count). The van der Waals surface area contributed by atoms with Crippen LogP contribution in [-0.4, -0.2) is 17.9 Å². The molecule has 46 valence electrons. The summed E-state index contributed by atoms with van der Waals surface area (Å²) in [6.45, 7) is 0. The average Bonchev–Trinajstić information content (AvgIpc) is 2.34. The first kappa shape index (κ1) is 7.58. The monoisotopic (exact) mass is 230 g/mol. The molecule has 1 aliphatic rings. The topological polar surface area (TPSA) is 0 Å². The van der Waals surface area contributed by atoms with E-state index < -0.39 is 0 Å². The molecule has 0 N–H and O–H groups in total. The summed E-state index contributed by atoms with van der Waals surface area (Å²) in [5.41, 5.74) is 0. The Morgan fingerprint density at radius 3 is 2.78 bits per heavy atom. The van der Waals surface area contributed by atoms with Gasteiger partial charge in [-0.1, -0.05) is 0 Å². The van der Waals surface area contributed by atoms with Crippen molar-refractivity contribution in [3.8, 4) is 0 Å². The Morgan fingerprint density at radius 1 is 1.56 bits per heavy atom. The Labute approximate surface area is 71.1 Å². The van der Waals surface area contributed by atoms with Gasteiger partial charge >= 0.3 is 71.1 Å². The van der Waals surface area contributed by atoms with E-state index in [-0.39, 0.29) is 0 Å². The predicted molar refractivity (Wildman–Crippen MR) is 55.1 cm³/mol. The molecule has 0 heterocycles. The first-order valence-electron chi connectivity index (χ1n) is 3.33. The predicted octanol–water partition coefficient (Wildman–Crippen LogP) is 1.38. The van der Waals surface area contributed by atoms with Gasteiger partial charge in [0, 0.05) is 0 Å². The average molecular weight is 230 g/mol. The van der Waals surface area contributed by atoms with Gasteiger partial charge in [-0.25, -0.2) is 0 Å². The third-order valence-electron chi connectivity index (χ3n) is 1.66. The molecule has 0 aliphatic heterocycles. The van der Waals surface area contributed by atoms with Gasteiger partial charge in [-0.15, -0.1) is 0 Å². The molecule has 0 nitrogen and oxygen atoms in total. The van der Waals surface area contributed by atoms with Crippen LogP contribution in [0, 0.1) is 0 Å². The van der Waals surface area contributed by atoms with Gasteiger partial charge in [0.15, 0.2) is 0 Å². The van der Waals surface area contributed by atoms with Crippen LogP contribution >= 0.6 is 22.4 Å². The molecular formula is C6H9B2I. The zero-order valence-electron chi connectivity index (χ0n) is 5.39. The second-order valence-corrected chi connectivity index (χ2v) is 3.13. The van der Waals surface area contributed by atoms with Crippen LogP contribution in [0.4, 0.5) is 0 Å². The zero-order chi connectivity index (χ0) is 6.53.